The van der Waals surface area contributed by atoms with Crippen LogP contribution in [-0.2, 0) is 16.0 Å². The zero-order valence-corrected chi connectivity index (χ0v) is 20.7. The largest absolute Gasteiger partial charge is 0.497 e. The monoisotopic (exact) mass is 506 g/mol. The highest BCUT2D eigenvalue weighted by Crippen LogP contribution is 2.23. The number of ether oxygens (including phenoxy) is 2. The first-order valence-corrected chi connectivity index (χ1v) is 12.1. The minimum absolute atomic E-state index is 0.199. The van der Waals surface area contributed by atoms with Crippen LogP contribution in [0.2, 0.25) is 0 Å². The molecule has 0 aromatic heterocycles. The van der Waals surface area contributed by atoms with Gasteiger partial charge in [0.05, 0.1) is 13.7 Å². The average Bonchev–Trinajstić information content (AvgIpc) is 2.91. The maximum Gasteiger partial charge on any atom is 0.240 e. The molecule has 1 fully saturated rings. The first-order valence-electron chi connectivity index (χ1n) is 12.1. The number of primary amides is 1. The van der Waals surface area contributed by atoms with Crippen molar-refractivity contribution in [3.63, 3.8) is 0 Å². The van der Waals surface area contributed by atoms with E-state index in [2.05, 4.69) is 15.1 Å². The summed E-state index contributed by atoms with van der Waals surface area (Å²) < 4.78 is 24.0. The number of amides is 2. The number of anilines is 1. The van der Waals surface area contributed by atoms with E-state index in [0.717, 1.165) is 43.2 Å². The number of nitrogens with one attached hydrogen (secondary N) is 1. The maximum atomic E-state index is 13.1. The van der Waals surface area contributed by atoms with Gasteiger partial charge in [0.25, 0.3) is 0 Å². The second-order valence-electron chi connectivity index (χ2n) is 8.89. The number of nitrogens with two attached hydrogens (primary N) is 1. The van der Waals surface area contributed by atoms with Crippen molar-refractivity contribution in [1.29, 1.82) is 0 Å². The summed E-state index contributed by atoms with van der Waals surface area (Å²) in [5.74, 6) is 0.739. The predicted molar refractivity (Wildman–Crippen MR) is 139 cm³/mol. The number of hydrogen-bond donors (Lipinski definition) is 2. The van der Waals surface area contributed by atoms with Gasteiger partial charge in [0, 0.05) is 38.3 Å². The molecule has 0 spiro atoms. The van der Waals surface area contributed by atoms with Crippen molar-refractivity contribution in [2.45, 2.75) is 12.5 Å². The predicted octanol–water partition coefficient (Wildman–Crippen LogP) is 2.96. The lowest BCUT2D eigenvalue weighted by Gasteiger charge is -2.36. The van der Waals surface area contributed by atoms with Crippen molar-refractivity contribution in [3.05, 3.63) is 84.2 Å². The van der Waals surface area contributed by atoms with Crippen molar-refractivity contribution >= 4 is 17.5 Å². The van der Waals surface area contributed by atoms with Crippen molar-refractivity contribution in [2.24, 2.45) is 5.73 Å². The van der Waals surface area contributed by atoms with E-state index >= 15 is 0 Å². The van der Waals surface area contributed by atoms with Gasteiger partial charge in [-0.15, -0.1) is 0 Å². The van der Waals surface area contributed by atoms with Crippen LogP contribution in [0.5, 0.6) is 17.2 Å². The Kier molecular flexibility index (Phi) is 8.58. The van der Waals surface area contributed by atoms with E-state index in [0.29, 0.717) is 11.5 Å². The van der Waals surface area contributed by atoms with Gasteiger partial charge >= 0.3 is 0 Å². The number of piperazine rings is 1. The van der Waals surface area contributed by atoms with E-state index in [9.17, 15) is 14.0 Å². The average molecular weight is 507 g/mol. The standard InChI is InChI=1S/C28H31FN4O4/c1-36-23-12-6-22(7-13-23)33-16-14-32(15-17-33)19-27(34)31-26(28(30)35)18-20-2-8-24(9-3-20)37-25-10-4-21(29)5-11-25/h2-13,26H,14-19H2,1H3,(H2,30,35)(H,31,34). The minimum atomic E-state index is -0.822. The highest BCUT2D eigenvalue weighted by molar-refractivity contribution is 5.87. The Morgan fingerprint density at radius 2 is 1.46 bits per heavy atom. The van der Waals surface area contributed by atoms with Crippen LogP contribution in [0.1, 0.15) is 5.56 Å². The quantitative estimate of drug-likeness (QED) is 0.439. The van der Waals surface area contributed by atoms with Crippen LogP contribution in [-0.4, -0.2) is 62.6 Å². The Morgan fingerprint density at radius 1 is 0.892 bits per heavy atom. The van der Waals surface area contributed by atoms with Crippen LogP contribution in [0.25, 0.3) is 0 Å². The first kappa shape index (κ1) is 26.0. The number of hydrogen-bond acceptors (Lipinski definition) is 6. The Balaban J connectivity index is 1.25. The fourth-order valence-corrected chi connectivity index (χ4v) is 4.19. The Bertz CT molecular complexity index is 1180. The van der Waals surface area contributed by atoms with Gasteiger partial charge in [0.1, 0.15) is 29.1 Å². The van der Waals surface area contributed by atoms with E-state index in [-0.39, 0.29) is 24.7 Å². The van der Waals surface area contributed by atoms with E-state index in [1.165, 1.54) is 12.1 Å². The summed E-state index contributed by atoms with van der Waals surface area (Å²) in [7, 11) is 1.64. The molecule has 194 valence electrons. The fourth-order valence-electron chi connectivity index (χ4n) is 4.19. The van der Waals surface area contributed by atoms with Crippen LogP contribution in [0.3, 0.4) is 0 Å². The maximum absolute atomic E-state index is 13.1. The highest BCUT2D eigenvalue weighted by Gasteiger charge is 2.23. The molecule has 3 N–H and O–H groups in total. The third-order valence-electron chi connectivity index (χ3n) is 6.27. The molecule has 0 saturated carbocycles. The lowest BCUT2D eigenvalue weighted by atomic mass is 10.1. The van der Waals surface area contributed by atoms with Crippen molar-refractivity contribution in [1.82, 2.24) is 10.2 Å². The number of rotatable bonds is 10. The smallest absolute Gasteiger partial charge is 0.240 e. The van der Waals surface area contributed by atoms with Crippen LogP contribution in [0.4, 0.5) is 10.1 Å². The van der Waals surface area contributed by atoms with E-state index in [1.807, 2.05) is 24.3 Å². The molecule has 0 bridgehead atoms. The van der Waals surface area contributed by atoms with Crippen molar-refractivity contribution in [2.75, 3.05) is 44.7 Å². The Morgan fingerprint density at radius 3 is 2.03 bits per heavy atom. The topological polar surface area (TPSA) is 97.1 Å². The zero-order valence-electron chi connectivity index (χ0n) is 20.7. The van der Waals surface area contributed by atoms with Crippen molar-refractivity contribution < 1.29 is 23.5 Å². The summed E-state index contributed by atoms with van der Waals surface area (Å²) in [5.41, 5.74) is 7.52. The van der Waals surface area contributed by atoms with Gasteiger partial charge in [0.2, 0.25) is 11.8 Å². The third kappa shape index (κ3) is 7.44. The SMILES string of the molecule is COc1ccc(N2CCN(CC(=O)NC(Cc3ccc(Oc4ccc(F)cc4)cc3)C(N)=O)CC2)cc1. The second kappa shape index (κ2) is 12.2. The van der Waals surface area contributed by atoms with Crippen LogP contribution < -0.4 is 25.4 Å². The van der Waals surface area contributed by atoms with Gasteiger partial charge in [0.15, 0.2) is 0 Å². The molecule has 1 aliphatic heterocycles. The summed E-state index contributed by atoms with van der Waals surface area (Å²) >= 11 is 0. The Hall–Kier alpha value is -4.11. The van der Waals surface area contributed by atoms with E-state index < -0.39 is 11.9 Å². The number of halogens is 1. The van der Waals surface area contributed by atoms with Gasteiger partial charge in [-0.2, -0.15) is 0 Å². The normalized spacial score (nSPS) is 14.6. The number of nitrogens with zero attached hydrogens (tertiary/aromatic N) is 2. The minimum Gasteiger partial charge on any atom is -0.497 e. The molecule has 2 amide bonds. The molecular formula is C28H31FN4O4. The molecule has 4 rings (SSSR count). The molecule has 1 heterocycles. The summed E-state index contributed by atoms with van der Waals surface area (Å²) in [4.78, 5) is 29.1. The fraction of sp³-hybridized carbons (Fsp3) is 0.286. The summed E-state index contributed by atoms with van der Waals surface area (Å²) in [6.07, 6.45) is 0.267. The molecule has 0 aliphatic carbocycles. The molecule has 1 unspecified atom stereocenters. The molecular weight excluding hydrogens is 475 g/mol. The number of benzene rings is 3. The number of carbonyl (C=O) groups excluding carboxylic acids is 2. The molecule has 9 heteroatoms. The van der Waals surface area contributed by atoms with Crippen molar-refractivity contribution in [3.8, 4) is 17.2 Å². The van der Waals surface area contributed by atoms with Gasteiger partial charge in [-0.1, -0.05) is 12.1 Å². The Labute approximate surface area is 215 Å². The van der Waals surface area contributed by atoms with Crippen LogP contribution in [0.15, 0.2) is 72.8 Å². The van der Waals surface area contributed by atoms with Gasteiger partial charge in [-0.05, 0) is 66.2 Å². The molecule has 8 nitrogen and oxygen atoms in total. The molecule has 3 aromatic carbocycles. The molecule has 37 heavy (non-hydrogen) atoms. The lowest BCUT2D eigenvalue weighted by molar-refractivity contribution is -0.128. The number of carbonyl (C=O) groups is 2. The molecule has 1 saturated heterocycles. The van der Waals surface area contributed by atoms with Crippen LogP contribution >= 0.6 is 0 Å². The van der Waals surface area contributed by atoms with Gasteiger partial charge in [-0.3, -0.25) is 14.5 Å². The summed E-state index contributed by atoms with van der Waals surface area (Å²) in [6.45, 7) is 3.26. The van der Waals surface area contributed by atoms with Gasteiger partial charge in [-0.25, -0.2) is 4.39 Å². The summed E-state index contributed by atoms with van der Waals surface area (Å²) in [5, 5.41) is 2.78. The highest BCUT2D eigenvalue weighted by atomic mass is 19.1. The zero-order chi connectivity index (χ0) is 26.2. The van der Waals surface area contributed by atoms with Gasteiger partial charge < -0.3 is 25.4 Å². The lowest BCUT2D eigenvalue weighted by Crippen LogP contribution is -2.52. The first-order chi connectivity index (χ1) is 17.9. The second-order valence-corrected chi connectivity index (χ2v) is 8.89. The number of methoxy groups -OCH3 is 1. The summed E-state index contributed by atoms with van der Waals surface area (Å²) in [6, 6.07) is 19.9. The van der Waals surface area contributed by atoms with E-state index in [1.54, 1.807) is 43.5 Å². The molecule has 1 aliphatic rings. The molecule has 0 radical (unpaired) electrons. The molecule has 3 aromatic rings. The molecule has 1 atom stereocenters. The van der Waals surface area contributed by atoms with Crippen LogP contribution in [0, 0.1) is 5.82 Å². The third-order valence-corrected chi connectivity index (χ3v) is 6.27. The van der Waals surface area contributed by atoms with E-state index in [4.69, 9.17) is 15.2 Å².